The number of β-amino-alcohol motifs (C(OH)–C–C–N with tert-alkyl or cyclic N) is 1. The van der Waals surface area contributed by atoms with Gasteiger partial charge in [0.1, 0.15) is 5.76 Å². The summed E-state index contributed by atoms with van der Waals surface area (Å²) in [6, 6.07) is 1.94. The van der Waals surface area contributed by atoms with Gasteiger partial charge in [-0.15, -0.1) is 0 Å². The maximum Gasteiger partial charge on any atom is 0.133 e. The molecule has 0 amide bonds. The van der Waals surface area contributed by atoms with Gasteiger partial charge in [0, 0.05) is 12.6 Å². The van der Waals surface area contributed by atoms with Gasteiger partial charge >= 0.3 is 0 Å². The summed E-state index contributed by atoms with van der Waals surface area (Å²) in [6.07, 6.45) is 1.58. The molecule has 0 aromatic carbocycles. The van der Waals surface area contributed by atoms with Crippen LogP contribution < -0.4 is 5.32 Å². The Labute approximate surface area is 83.3 Å². The fraction of sp³-hybridized carbons (Fsp3) is 0.700. The molecule has 1 aliphatic heterocycles. The van der Waals surface area contributed by atoms with Gasteiger partial charge in [0.05, 0.1) is 11.8 Å². The maximum absolute atomic E-state index is 9.72. The molecule has 0 radical (unpaired) electrons. The average molecular weight is 196 g/mol. The zero-order chi connectivity index (χ0) is 9.97. The molecule has 2 rings (SSSR count). The lowest BCUT2D eigenvalue weighted by Crippen LogP contribution is -2.41. The van der Waals surface area contributed by atoms with Gasteiger partial charge in [-0.2, -0.15) is 0 Å². The molecule has 0 saturated carbocycles. The van der Waals surface area contributed by atoms with Crippen molar-refractivity contribution in [2.24, 2.45) is 5.92 Å². The SMILES string of the molecule is Cc1cc(CC2CCNCC2O)no1. The summed E-state index contributed by atoms with van der Waals surface area (Å²) in [7, 11) is 0. The van der Waals surface area contributed by atoms with Crippen molar-refractivity contribution in [3.8, 4) is 0 Å². The molecule has 1 saturated heterocycles. The zero-order valence-corrected chi connectivity index (χ0v) is 8.36. The molecule has 2 heterocycles. The fourth-order valence-corrected chi connectivity index (χ4v) is 1.92. The highest BCUT2D eigenvalue weighted by molar-refractivity contribution is 5.05. The first-order chi connectivity index (χ1) is 6.75. The molecule has 4 heteroatoms. The number of aromatic nitrogens is 1. The number of aliphatic hydroxyl groups excluding tert-OH is 1. The Hall–Kier alpha value is -0.870. The Balaban J connectivity index is 1.95. The number of aryl methyl sites for hydroxylation is 1. The molecule has 2 unspecified atom stereocenters. The van der Waals surface area contributed by atoms with E-state index in [0.29, 0.717) is 12.5 Å². The van der Waals surface area contributed by atoms with Crippen LogP contribution in [0.4, 0.5) is 0 Å². The van der Waals surface area contributed by atoms with Crippen LogP contribution in [-0.4, -0.2) is 29.5 Å². The van der Waals surface area contributed by atoms with Crippen LogP contribution in [-0.2, 0) is 6.42 Å². The molecule has 0 bridgehead atoms. The van der Waals surface area contributed by atoms with E-state index in [2.05, 4.69) is 10.5 Å². The number of aliphatic hydroxyl groups is 1. The van der Waals surface area contributed by atoms with Crippen molar-refractivity contribution in [3.05, 3.63) is 17.5 Å². The third kappa shape index (κ3) is 2.13. The highest BCUT2D eigenvalue weighted by Crippen LogP contribution is 2.18. The van der Waals surface area contributed by atoms with Crippen molar-refractivity contribution in [1.82, 2.24) is 10.5 Å². The van der Waals surface area contributed by atoms with Gasteiger partial charge in [0.2, 0.25) is 0 Å². The van der Waals surface area contributed by atoms with Crippen molar-refractivity contribution in [1.29, 1.82) is 0 Å². The largest absolute Gasteiger partial charge is 0.392 e. The van der Waals surface area contributed by atoms with Gasteiger partial charge in [-0.25, -0.2) is 0 Å². The first kappa shape index (κ1) is 9.68. The van der Waals surface area contributed by atoms with Crippen molar-refractivity contribution < 1.29 is 9.63 Å². The normalized spacial score (nSPS) is 27.9. The molecular formula is C10H16N2O2. The van der Waals surface area contributed by atoms with Crippen LogP contribution in [0.5, 0.6) is 0 Å². The number of nitrogens with zero attached hydrogens (tertiary/aromatic N) is 1. The Kier molecular flexibility index (Phi) is 2.84. The van der Waals surface area contributed by atoms with E-state index >= 15 is 0 Å². The van der Waals surface area contributed by atoms with Gasteiger partial charge in [0.25, 0.3) is 0 Å². The number of nitrogens with one attached hydrogen (secondary N) is 1. The highest BCUT2D eigenvalue weighted by Gasteiger charge is 2.23. The fourth-order valence-electron chi connectivity index (χ4n) is 1.92. The number of piperidine rings is 1. The minimum atomic E-state index is -0.249. The van der Waals surface area contributed by atoms with Crippen molar-refractivity contribution >= 4 is 0 Å². The predicted molar refractivity (Wildman–Crippen MR) is 51.9 cm³/mol. The molecule has 2 atom stereocenters. The van der Waals surface area contributed by atoms with E-state index in [1.165, 1.54) is 0 Å². The van der Waals surface area contributed by atoms with E-state index in [-0.39, 0.29) is 6.10 Å². The first-order valence-electron chi connectivity index (χ1n) is 5.06. The quantitative estimate of drug-likeness (QED) is 0.723. The van der Waals surface area contributed by atoms with E-state index in [1.54, 1.807) is 0 Å². The zero-order valence-electron chi connectivity index (χ0n) is 8.36. The van der Waals surface area contributed by atoms with E-state index in [4.69, 9.17) is 4.52 Å². The predicted octanol–water partition coefficient (Wildman–Crippen LogP) is 0.496. The van der Waals surface area contributed by atoms with Crippen molar-refractivity contribution in [2.45, 2.75) is 25.9 Å². The van der Waals surface area contributed by atoms with Gasteiger partial charge in [0.15, 0.2) is 0 Å². The van der Waals surface area contributed by atoms with Crippen molar-refractivity contribution in [3.63, 3.8) is 0 Å². The number of hydrogen-bond acceptors (Lipinski definition) is 4. The summed E-state index contributed by atoms with van der Waals surface area (Å²) in [5, 5.41) is 16.8. The third-order valence-electron chi connectivity index (χ3n) is 2.74. The molecule has 1 aromatic rings. The van der Waals surface area contributed by atoms with Crippen LogP contribution in [0.25, 0.3) is 0 Å². The van der Waals surface area contributed by atoms with E-state index in [0.717, 1.165) is 30.8 Å². The monoisotopic (exact) mass is 196 g/mol. The summed E-state index contributed by atoms with van der Waals surface area (Å²) >= 11 is 0. The molecule has 0 aliphatic carbocycles. The Morgan fingerprint density at radius 2 is 2.57 bits per heavy atom. The Morgan fingerprint density at radius 3 is 3.21 bits per heavy atom. The topological polar surface area (TPSA) is 58.3 Å². The molecule has 0 spiro atoms. The summed E-state index contributed by atoms with van der Waals surface area (Å²) in [6.45, 7) is 3.56. The van der Waals surface area contributed by atoms with E-state index < -0.39 is 0 Å². The number of hydrogen-bond donors (Lipinski definition) is 2. The molecule has 1 fully saturated rings. The van der Waals surface area contributed by atoms with Crippen molar-refractivity contribution in [2.75, 3.05) is 13.1 Å². The van der Waals surface area contributed by atoms with Crippen LogP contribution in [0.1, 0.15) is 17.9 Å². The second-order valence-corrected chi connectivity index (χ2v) is 3.95. The van der Waals surface area contributed by atoms with Crippen LogP contribution in [0.15, 0.2) is 10.6 Å². The molecule has 14 heavy (non-hydrogen) atoms. The molecule has 2 N–H and O–H groups in total. The van der Waals surface area contributed by atoms with Gasteiger partial charge in [-0.1, -0.05) is 5.16 Å². The maximum atomic E-state index is 9.72. The van der Waals surface area contributed by atoms with Gasteiger partial charge in [-0.3, -0.25) is 0 Å². The molecule has 1 aliphatic rings. The standard InChI is InChI=1S/C10H16N2O2/c1-7-4-9(12-14-7)5-8-2-3-11-6-10(8)13/h4,8,10-11,13H,2-3,5-6H2,1H3. The third-order valence-corrected chi connectivity index (χ3v) is 2.74. The second kappa shape index (κ2) is 4.11. The van der Waals surface area contributed by atoms with Crippen LogP contribution in [0.2, 0.25) is 0 Å². The molecule has 78 valence electrons. The lowest BCUT2D eigenvalue weighted by atomic mass is 9.90. The average Bonchev–Trinajstić information content (AvgIpc) is 2.56. The Morgan fingerprint density at radius 1 is 1.71 bits per heavy atom. The second-order valence-electron chi connectivity index (χ2n) is 3.95. The summed E-state index contributed by atoms with van der Waals surface area (Å²) in [5.74, 6) is 1.16. The minimum absolute atomic E-state index is 0.249. The summed E-state index contributed by atoms with van der Waals surface area (Å²) in [4.78, 5) is 0. The smallest absolute Gasteiger partial charge is 0.133 e. The van der Waals surface area contributed by atoms with Crippen LogP contribution >= 0.6 is 0 Å². The summed E-state index contributed by atoms with van der Waals surface area (Å²) in [5.41, 5.74) is 0.952. The number of rotatable bonds is 2. The first-order valence-corrected chi connectivity index (χ1v) is 5.06. The van der Waals surface area contributed by atoms with Crippen LogP contribution in [0.3, 0.4) is 0 Å². The van der Waals surface area contributed by atoms with E-state index in [1.807, 2.05) is 13.0 Å². The lowest BCUT2D eigenvalue weighted by molar-refractivity contribution is 0.0810. The summed E-state index contributed by atoms with van der Waals surface area (Å²) < 4.78 is 4.99. The highest BCUT2D eigenvalue weighted by atomic mass is 16.5. The lowest BCUT2D eigenvalue weighted by Gasteiger charge is -2.27. The van der Waals surface area contributed by atoms with Gasteiger partial charge in [-0.05, 0) is 32.2 Å². The molecule has 1 aromatic heterocycles. The molecule has 4 nitrogen and oxygen atoms in total. The molecular weight excluding hydrogens is 180 g/mol. The van der Waals surface area contributed by atoms with E-state index in [9.17, 15) is 5.11 Å². The minimum Gasteiger partial charge on any atom is -0.392 e. The Bertz CT molecular complexity index is 298. The van der Waals surface area contributed by atoms with Gasteiger partial charge < -0.3 is 14.9 Å². The van der Waals surface area contributed by atoms with Crippen LogP contribution in [0, 0.1) is 12.8 Å².